The molecule has 0 aliphatic heterocycles. The second-order valence-corrected chi connectivity index (χ2v) is 7.63. The minimum absolute atomic E-state index is 0.280. The van der Waals surface area contributed by atoms with Crippen molar-refractivity contribution in [3.8, 4) is 0 Å². The van der Waals surface area contributed by atoms with E-state index in [0.29, 0.717) is 22.5 Å². The fraction of sp³-hybridized carbons (Fsp3) is 0.357. The van der Waals surface area contributed by atoms with E-state index in [1.165, 1.54) is 0 Å². The molecule has 1 N–H and O–H groups in total. The van der Waals surface area contributed by atoms with Crippen molar-refractivity contribution >= 4 is 52.7 Å². The van der Waals surface area contributed by atoms with Crippen molar-refractivity contribution in [2.75, 3.05) is 10.7 Å². The SMILES string of the molecule is CCC(CBr)(CBr)NS(=O)(=O)c1cccc2cnccc12. The molecule has 0 saturated heterocycles. The molecule has 0 amide bonds. The Kier molecular flexibility index (Phi) is 5.40. The van der Waals surface area contributed by atoms with Gasteiger partial charge in [0.1, 0.15) is 0 Å². The first-order valence-electron chi connectivity index (χ1n) is 6.46. The molecule has 4 nitrogen and oxygen atoms in total. The van der Waals surface area contributed by atoms with Gasteiger partial charge in [0.2, 0.25) is 10.0 Å². The molecule has 7 heteroatoms. The number of nitrogens with one attached hydrogen (secondary N) is 1. The fourth-order valence-electron chi connectivity index (χ4n) is 2.02. The van der Waals surface area contributed by atoms with Crippen LogP contribution in [0.25, 0.3) is 10.8 Å². The molecule has 1 aromatic heterocycles. The molecule has 0 aliphatic rings. The normalized spacial score (nSPS) is 12.7. The minimum Gasteiger partial charge on any atom is -0.264 e. The molecule has 0 spiro atoms. The Morgan fingerprint density at radius 2 is 1.95 bits per heavy atom. The van der Waals surface area contributed by atoms with E-state index in [9.17, 15) is 8.42 Å². The van der Waals surface area contributed by atoms with E-state index >= 15 is 0 Å². The third kappa shape index (κ3) is 3.47. The van der Waals surface area contributed by atoms with Gasteiger partial charge in [0.25, 0.3) is 0 Å². The summed E-state index contributed by atoms with van der Waals surface area (Å²) in [4.78, 5) is 4.31. The van der Waals surface area contributed by atoms with Crippen molar-refractivity contribution in [3.63, 3.8) is 0 Å². The molecule has 1 aromatic carbocycles. The number of hydrogen-bond acceptors (Lipinski definition) is 3. The second-order valence-electron chi connectivity index (χ2n) is 4.86. The Labute approximate surface area is 141 Å². The third-order valence-corrected chi connectivity index (χ3v) is 7.25. The zero-order valence-electron chi connectivity index (χ0n) is 11.5. The predicted molar refractivity (Wildman–Crippen MR) is 92.7 cm³/mol. The van der Waals surface area contributed by atoms with Gasteiger partial charge >= 0.3 is 0 Å². The maximum Gasteiger partial charge on any atom is 0.241 e. The number of pyridine rings is 1. The highest BCUT2D eigenvalue weighted by Crippen LogP contribution is 2.25. The van der Waals surface area contributed by atoms with E-state index < -0.39 is 15.6 Å². The first kappa shape index (κ1) is 16.9. The quantitative estimate of drug-likeness (QED) is 0.707. The van der Waals surface area contributed by atoms with Crippen LogP contribution in [0.15, 0.2) is 41.6 Å². The molecule has 2 rings (SSSR count). The molecular weight excluding hydrogens is 420 g/mol. The van der Waals surface area contributed by atoms with Crippen LogP contribution < -0.4 is 4.72 Å². The number of rotatable bonds is 6. The second kappa shape index (κ2) is 6.73. The van der Waals surface area contributed by atoms with Gasteiger partial charge in [-0.25, -0.2) is 13.1 Å². The summed E-state index contributed by atoms with van der Waals surface area (Å²) in [6, 6.07) is 6.92. The van der Waals surface area contributed by atoms with E-state index in [1.54, 1.807) is 30.6 Å². The van der Waals surface area contributed by atoms with Crippen LogP contribution in [0.4, 0.5) is 0 Å². The Morgan fingerprint density at radius 1 is 1.24 bits per heavy atom. The van der Waals surface area contributed by atoms with Crippen molar-refractivity contribution in [2.24, 2.45) is 0 Å². The summed E-state index contributed by atoms with van der Waals surface area (Å²) in [5, 5.41) is 2.55. The van der Waals surface area contributed by atoms with Crippen molar-refractivity contribution < 1.29 is 8.42 Å². The predicted octanol–water partition coefficient (Wildman–Crippen LogP) is 3.45. The van der Waals surface area contributed by atoms with Crippen LogP contribution in [0.1, 0.15) is 13.3 Å². The average Bonchev–Trinajstić information content (AvgIpc) is 2.52. The van der Waals surface area contributed by atoms with E-state index in [4.69, 9.17) is 0 Å². The highest BCUT2D eigenvalue weighted by atomic mass is 79.9. The van der Waals surface area contributed by atoms with Gasteiger partial charge in [-0.3, -0.25) is 4.98 Å². The average molecular weight is 436 g/mol. The first-order valence-corrected chi connectivity index (χ1v) is 10.2. The van der Waals surface area contributed by atoms with Crippen molar-refractivity contribution in [3.05, 3.63) is 36.7 Å². The molecule has 0 radical (unpaired) electrons. The summed E-state index contributed by atoms with van der Waals surface area (Å²) >= 11 is 6.80. The molecule has 0 fully saturated rings. The lowest BCUT2D eigenvalue weighted by Crippen LogP contribution is -2.50. The van der Waals surface area contributed by atoms with Gasteiger partial charge in [0.05, 0.1) is 10.4 Å². The summed E-state index contributed by atoms with van der Waals surface area (Å²) in [5.41, 5.74) is -0.548. The Morgan fingerprint density at radius 3 is 2.57 bits per heavy atom. The lowest BCUT2D eigenvalue weighted by Gasteiger charge is -2.29. The van der Waals surface area contributed by atoms with Gasteiger partial charge in [-0.2, -0.15) is 0 Å². The summed E-state index contributed by atoms with van der Waals surface area (Å²) in [6.45, 7) is 1.96. The molecule has 0 aliphatic carbocycles. The first-order chi connectivity index (χ1) is 9.98. The van der Waals surface area contributed by atoms with Crippen LogP contribution in [0.2, 0.25) is 0 Å². The Bertz CT molecular complexity index is 717. The largest absolute Gasteiger partial charge is 0.264 e. The van der Waals surface area contributed by atoms with Crippen LogP contribution in [-0.4, -0.2) is 29.6 Å². The van der Waals surface area contributed by atoms with Crippen molar-refractivity contribution in [2.45, 2.75) is 23.8 Å². The Hall–Kier alpha value is -0.500. The van der Waals surface area contributed by atoms with Crippen molar-refractivity contribution in [1.82, 2.24) is 9.71 Å². The lowest BCUT2D eigenvalue weighted by atomic mass is 10.0. The molecule has 0 unspecified atom stereocenters. The molecule has 114 valence electrons. The van der Waals surface area contributed by atoms with Crippen LogP contribution in [0, 0.1) is 0 Å². The number of nitrogens with zero attached hydrogens (tertiary/aromatic N) is 1. The van der Waals surface area contributed by atoms with Crippen LogP contribution in [0.3, 0.4) is 0 Å². The van der Waals surface area contributed by atoms with Gasteiger partial charge in [0, 0.05) is 33.8 Å². The maximum absolute atomic E-state index is 12.8. The van der Waals surface area contributed by atoms with Gasteiger partial charge in [0.15, 0.2) is 0 Å². The van der Waals surface area contributed by atoms with E-state index in [0.717, 1.165) is 5.39 Å². The molecule has 0 saturated carbocycles. The van der Waals surface area contributed by atoms with Crippen LogP contribution >= 0.6 is 31.9 Å². The maximum atomic E-state index is 12.8. The topological polar surface area (TPSA) is 59.1 Å². The minimum atomic E-state index is -3.62. The summed E-state index contributed by atoms with van der Waals surface area (Å²) < 4.78 is 28.4. The molecule has 21 heavy (non-hydrogen) atoms. The van der Waals surface area contributed by atoms with Gasteiger partial charge in [-0.15, -0.1) is 0 Å². The number of fused-ring (bicyclic) bond motifs is 1. The van der Waals surface area contributed by atoms with Gasteiger partial charge in [-0.05, 0) is 18.6 Å². The number of halogens is 2. The molecule has 1 heterocycles. The van der Waals surface area contributed by atoms with Gasteiger partial charge in [-0.1, -0.05) is 50.9 Å². The zero-order valence-corrected chi connectivity index (χ0v) is 15.5. The molecular formula is C14H16Br2N2O2S. The lowest BCUT2D eigenvalue weighted by molar-refractivity contribution is 0.460. The number of benzene rings is 1. The van der Waals surface area contributed by atoms with Crippen molar-refractivity contribution in [1.29, 1.82) is 0 Å². The van der Waals surface area contributed by atoms with Gasteiger partial charge < -0.3 is 0 Å². The number of alkyl halides is 2. The standard InChI is InChI=1S/C14H16Br2N2O2S/c1-2-14(9-15,10-16)18-21(19,20)13-5-3-4-11-8-17-7-6-12(11)13/h3-8,18H,2,9-10H2,1H3. The van der Waals surface area contributed by atoms with Crippen LogP contribution in [-0.2, 0) is 10.0 Å². The zero-order chi connectivity index (χ0) is 15.5. The monoisotopic (exact) mass is 434 g/mol. The van der Waals surface area contributed by atoms with E-state index in [2.05, 4.69) is 41.6 Å². The highest BCUT2D eigenvalue weighted by molar-refractivity contribution is 9.09. The third-order valence-electron chi connectivity index (χ3n) is 3.47. The number of hydrogen-bond donors (Lipinski definition) is 1. The molecule has 2 aromatic rings. The smallest absolute Gasteiger partial charge is 0.241 e. The highest BCUT2D eigenvalue weighted by Gasteiger charge is 2.32. The molecule has 0 bridgehead atoms. The number of sulfonamides is 1. The fourth-order valence-corrected chi connectivity index (χ4v) is 6.09. The summed E-state index contributed by atoms with van der Waals surface area (Å²) in [5.74, 6) is 0. The Balaban J connectivity index is 2.52. The van der Waals surface area contributed by atoms with E-state index in [1.807, 2.05) is 13.0 Å². The van der Waals surface area contributed by atoms with Crippen LogP contribution in [0.5, 0.6) is 0 Å². The summed E-state index contributed by atoms with van der Waals surface area (Å²) in [7, 11) is -3.62. The summed E-state index contributed by atoms with van der Waals surface area (Å²) in [6.07, 6.45) is 3.94. The number of aromatic nitrogens is 1. The van der Waals surface area contributed by atoms with E-state index in [-0.39, 0.29) is 4.90 Å². The molecule has 0 atom stereocenters.